The van der Waals surface area contributed by atoms with E-state index in [1.165, 1.54) is 0 Å². The van der Waals surface area contributed by atoms with Crippen LogP contribution in [-0.2, 0) is 14.3 Å². The maximum atomic E-state index is 11.7. The molecule has 0 bridgehead atoms. The zero-order valence-electron chi connectivity index (χ0n) is 11.5. The van der Waals surface area contributed by atoms with Crippen LogP contribution in [0.4, 0.5) is 0 Å². The fourth-order valence-electron chi connectivity index (χ4n) is 1.75. The van der Waals surface area contributed by atoms with Gasteiger partial charge in [0, 0.05) is 27.3 Å². The van der Waals surface area contributed by atoms with E-state index in [-0.39, 0.29) is 24.5 Å². The molecule has 0 aliphatic heterocycles. The van der Waals surface area contributed by atoms with Gasteiger partial charge in [0.25, 0.3) is 0 Å². The zero-order valence-corrected chi connectivity index (χ0v) is 11.5. The van der Waals surface area contributed by atoms with Crippen molar-refractivity contribution in [3.8, 4) is 0 Å². The van der Waals surface area contributed by atoms with Gasteiger partial charge in [-0.25, -0.2) is 0 Å². The second-order valence-corrected chi connectivity index (χ2v) is 4.24. The predicted molar refractivity (Wildman–Crippen MR) is 73.7 cm³/mol. The Morgan fingerprint density at radius 1 is 1.26 bits per heavy atom. The molecule has 3 N–H and O–H groups in total. The molecular weight excluding hydrogens is 244 g/mol. The van der Waals surface area contributed by atoms with E-state index in [4.69, 9.17) is 15.2 Å². The summed E-state index contributed by atoms with van der Waals surface area (Å²) < 4.78 is 10.4. The van der Waals surface area contributed by atoms with Gasteiger partial charge in [-0.2, -0.15) is 0 Å². The van der Waals surface area contributed by atoms with Crippen molar-refractivity contribution in [1.29, 1.82) is 0 Å². The number of methoxy groups -OCH3 is 2. The largest absolute Gasteiger partial charge is 0.380 e. The monoisotopic (exact) mass is 266 g/mol. The van der Waals surface area contributed by atoms with E-state index in [9.17, 15) is 4.79 Å². The van der Waals surface area contributed by atoms with Crippen molar-refractivity contribution in [1.82, 2.24) is 5.32 Å². The summed E-state index contributed by atoms with van der Waals surface area (Å²) in [5.74, 6) is -0.0877. The van der Waals surface area contributed by atoms with Gasteiger partial charge in [-0.05, 0) is 5.56 Å². The first-order valence-electron chi connectivity index (χ1n) is 6.28. The number of nitrogens with two attached hydrogens (primary N) is 1. The van der Waals surface area contributed by atoms with Crippen LogP contribution in [0.15, 0.2) is 30.3 Å². The fraction of sp³-hybridized carbons (Fsp3) is 0.500. The highest BCUT2D eigenvalue weighted by Gasteiger charge is 2.14. The maximum Gasteiger partial charge on any atom is 0.222 e. The van der Waals surface area contributed by atoms with Gasteiger partial charge in [-0.15, -0.1) is 0 Å². The lowest BCUT2D eigenvalue weighted by Crippen LogP contribution is -2.34. The highest BCUT2D eigenvalue weighted by molar-refractivity contribution is 5.76. The topological polar surface area (TPSA) is 73.6 Å². The lowest BCUT2D eigenvalue weighted by atomic mass is 10.1. The number of amides is 1. The second kappa shape index (κ2) is 8.63. The number of hydrogen-bond acceptors (Lipinski definition) is 4. The predicted octanol–water partition coefficient (Wildman–Crippen LogP) is 0.854. The Bertz CT molecular complexity index is 366. The first-order valence-corrected chi connectivity index (χ1v) is 6.28. The lowest BCUT2D eigenvalue weighted by Gasteiger charge is -2.18. The molecule has 1 amide bonds. The normalized spacial score (nSPS) is 13.8. The summed E-state index contributed by atoms with van der Waals surface area (Å²) in [6.07, 6.45) is -0.125. The third kappa shape index (κ3) is 5.38. The number of nitrogens with one attached hydrogen (secondary N) is 1. The van der Waals surface area contributed by atoms with E-state index in [1.54, 1.807) is 14.2 Å². The van der Waals surface area contributed by atoms with Gasteiger partial charge in [-0.1, -0.05) is 30.3 Å². The minimum atomic E-state index is -0.238. The van der Waals surface area contributed by atoms with E-state index >= 15 is 0 Å². The molecule has 0 aliphatic carbocycles. The van der Waals surface area contributed by atoms with Crippen molar-refractivity contribution in [2.45, 2.75) is 18.6 Å². The van der Waals surface area contributed by atoms with Gasteiger partial charge in [0.15, 0.2) is 0 Å². The Labute approximate surface area is 114 Å². The smallest absolute Gasteiger partial charge is 0.222 e. The highest BCUT2D eigenvalue weighted by atomic mass is 16.5. The number of ether oxygens (including phenoxy) is 2. The number of carbonyl (C=O) groups excluding carboxylic acids is 1. The van der Waals surface area contributed by atoms with Crippen molar-refractivity contribution in [2.24, 2.45) is 5.73 Å². The third-order valence-corrected chi connectivity index (χ3v) is 2.95. The third-order valence-electron chi connectivity index (χ3n) is 2.95. The Kier molecular flexibility index (Phi) is 7.10. The molecule has 5 heteroatoms. The molecule has 0 saturated heterocycles. The molecule has 2 unspecified atom stereocenters. The van der Waals surface area contributed by atoms with Gasteiger partial charge in [0.05, 0.1) is 18.6 Å². The average molecular weight is 266 g/mol. The summed E-state index contributed by atoms with van der Waals surface area (Å²) in [5, 5.41) is 2.83. The minimum absolute atomic E-state index is 0.0877. The molecule has 0 aromatic heterocycles. The standard InChI is InChI=1S/C14H22N2O3/c1-18-12(9-15)8-14(17)16-10-13(19-2)11-6-4-3-5-7-11/h3-7,12-13H,8-10,15H2,1-2H3,(H,16,17). The molecular formula is C14H22N2O3. The van der Waals surface area contributed by atoms with Gasteiger partial charge in [0.1, 0.15) is 0 Å². The molecule has 0 fully saturated rings. The Morgan fingerprint density at radius 3 is 2.47 bits per heavy atom. The van der Waals surface area contributed by atoms with E-state index in [1.807, 2.05) is 30.3 Å². The van der Waals surface area contributed by atoms with Crippen molar-refractivity contribution in [3.63, 3.8) is 0 Å². The molecule has 1 rings (SSSR count). The van der Waals surface area contributed by atoms with Crippen molar-refractivity contribution in [3.05, 3.63) is 35.9 Å². The van der Waals surface area contributed by atoms with Crippen LogP contribution in [0.5, 0.6) is 0 Å². The van der Waals surface area contributed by atoms with Gasteiger partial charge in [-0.3, -0.25) is 4.79 Å². The Balaban J connectivity index is 2.43. The van der Waals surface area contributed by atoms with Gasteiger partial charge in [0.2, 0.25) is 5.91 Å². The quantitative estimate of drug-likeness (QED) is 0.731. The maximum absolute atomic E-state index is 11.7. The molecule has 2 atom stereocenters. The molecule has 0 heterocycles. The van der Waals surface area contributed by atoms with Crippen LogP contribution in [0, 0.1) is 0 Å². The van der Waals surface area contributed by atoms with E-state index in [2.05, 4.69) is 5.32 Å². The van der Waals surface area contributed by atoms with Crippen LogP contribution in [-0.4, -0.2) is 39.3 Å². The number of hydrogen-bond donors (Lipinski definition) is 2. The SMILES string of the molecule is COC(CN)CC(=O)NCC(OC)c1ccccc1. The summed E-state index contributed by atoms with van der Waals surface area (Å²) in [6, 6.07) is 9.77. The van der Waals surface area contributed by atoms with Crippen LogP contribution in [0.25, 0.3) is 0 Å². The summed E-state index contributed by atoms with van der Waals surface area (Å²) in [7, 11) is 3.17. The summed E-state index contributed by atoms with van der Waals surface area (Å²) in [6.45, 7) is 0.761. The van der Waals surface area contributed by atoms with Crippen LogP contribution >= 0.6 is 0 Å². The van der Waals surface area contributed by atoms with Gasteiger partial charge < -0.3 is 20.5 Å². The molecule has 1 aromatic rings. The number of benzene rings is 1. The number of rotatable bonds is 8. The molecule has 5 nitrogen and oxygen atoms in total. The van der Waals surface area contributed by atoms with Crippen molar-refractivity contribution < 1.29 is 14.3 Å². The molecule has 19 heavy (non-hydrogen) atoms. The van der Waals surface area contributed by atoms with E-state index < -0.39 is 0 Å². The molecule has 1 aromatic carbocycles. The summed E-state index contributed by atoms with van der Waals surface area (Å²) in [4.78, 5) is 11.7. The molecule has 0 saturated carbocycles. The van der Waals surface area contributed by atoms with E-state index in [0.29, 0.717) is 13.1 Å². The first-order chi connectivity index (χ1) is 9.21. The molecule has 0 spiro atoms. The Hall–Kier alpha value is -1.43. The van der Waals surface area contributed by atoms with Crippen molar-refractivity contribution in [2.75, 3.05) is 27.3 Å². The fourth-order valence-corrected chi connectivity index (χ4v) is 1.75. The molecule has 106 valence electrons. The van der Waals surface area contributed by atoms with Crippen LogP contribution in [0.2, 0.25) is 0 Å². The minimum Gasteiger partial charge on any atom is -0.380 e. The van der Waals surface area contributed by atoms with Crippen molar-refractivity contribution >= 4 is 5.91 Å². The van der Waals surface area contributed by atoms with Crippen LogP contribution in [0.1, 0.15) is 18.1 Å². The zero-order chi connectivity index (χ0) is 14.1. The van der Waals surface area contributed by atoms with Crippen LogP contribution in [0.3, 0.4) is 0 Å². The first kappa shape index (κ1) is 15.6. The highest BCUT2D eigenvalue weighted by Crippen LogP contribution is 2.14. The lowest BCUT2D eigenvalue weighted by molar-refractivity contribution is -0.123. The average Bonchev–Trinajstić information content (AvgIpc) is 2.46. The van der Waals surface area contributed by atoms with Crippen LogP contribution < -0.4 is 11.1 Å². The Morgan fingerprint density at radius 2 is 1.95 bits per heavy atom. The van der Waals surface area contributed by atoms with E-state index in [0.717, 1.165) is 5.56 Å². The molecule has 0 radical (unpaired) electrons. The summed E-state index contributed by atoms with van der Waals surface area (Å²) in [5.41, 5.74) is 6.51. The molecule has 0 aliphatic rings. The van der Waals surface area contributed by atoms with Gasteiger partial charge >= 0.3 is 0 Å². The summed E-state index contributed by atoms with van der Waals surface area (Å²) >= 11 is 0. The number of carbonyl (C=O) groups is 1. The second-order valence-electron chi connectivity index (χ2n) is 4.24.